The highest BCUT2D eigenvalue weighted by Crippen LogP contribution is 2.37. The van der Waals surface area contributed by atoms with E-state index in [1.165, 1.54) is 0 Å². The van der Waals surface area contributed by atoms with Crippen molar-refractivity contribution in [3.05, 3.63) is 77.9 Å². The van der Waals surface area contributed by atoms with Gasteiger partial charge in [0, 0.05) is 12.1 Å². The zero-order valence-electron chi connectivity index (χ0n) is 14.9. The summed E-state index contributed by atoms with van der Waals surface area (Å²) in [4.78, 5) is 23.2. The van der Waals surface area contributed by atoms with E-state index in [4.69, 9.17) is 5.73 Å². The fourth-order valence-corrected chi connectivity index (χ4v) is 3.63. The molecule has 2 amide bonds. The molecule has 134 valence electrons. The van der Waals surface area contributed by atoms with Crippen LogP contribution in [0.15, 0.2) is 66.7 Å². The van der Waals surface area contributed by atoms with Gasteiger partial charge in [-0.3, -0.25) is 9.59 Å². The van der Waals surface area contributed by atoms with Crippen molar-refractivity contribution in [2.45, 2.75) is 19.3 Å². The van der Waals surface area contributed by atoms with Crippen molar-refractivity contribution in [1.82, 2.24) is 0 Å². The molecule has 0 saturated carbocycles. The number of carbonyl (C=O) groups excluding carboxylic acids is 2. The number of anilines is 1. The van der Waals surface area contributed by atoms with Crippen LogP contribution in [0.3, 0.4) is 0 Å². The van der Waals surface area contributed by atoms with Gasteiger partial charge in [-0.1, -0.05) is 60.7 Å². The number of carbonyl (C=O) groups is 2. The van der Waals surface area contributed by atoms with E-state index in [9.17, 15) is 9.59 Å². The van der Waals surface area contributed by atoms with Crippen molar-refractivity contribution >= 4 is 17.5 Å². The molecule has 4 heteroatoms. The van der Waals surface area contributed by atoms with E-state index in [-0.39, 0.29) is 18.2 Å². The van der Waals surface area contributed by atoms with Gasteiger partial charge in [-0.25, -0.2) is 0 Å². The molecule has 0 aromatic heterocycles. The number of aryl methyl sites for hydroxylation is 1. The van der Waals surface area contributed by atoms with Crippen molar-refractivity contribution in [3.8, 4) is 22.3 Å². The van der Waals surface area contributed by atoms with Gasteiger partial charge in [0.15, 0.2) is 0 Å². The Kier molecular flexibility index (Phi) is 4.47. The summed E-state index contributed by atoms with van der Waals surface area (Å²) >= 11 is 0. The van der Waals surface area contributed by atoms with Crippen LogP contribution in [0, 0.1) is 0 Å². The smallest absolute Gasteiger partial charge is 0.228 e. The lowest BCUT2D eigenvalue weighted by atomic mass is 9.89. The largest absolute Gasteiger partial charge is 0.370 e. The molecule has 0 fully saturated rings. The van der Waals surface area contributed by atoms with Gasteiger partial charge in [-0.15, -0.1) is 0 Å². The second-order valence-corrected chi connectivity index (χ2v) is 6.76. The molecule has 0 radical (unpaired) electrons. The quantitative estimate of drug-likeness (QED) is 0.727. The van der Waals surface area contributed by atoms with Gasteiger partial charge in [0.2, 0.25) is 11.8 Å². The van der Waals surface area contributed by atoms with Crippen molar-refractivity contribution in [2.75, 3.05) is 5.32 Å². The molecule has 3 aromatic carbocycles. The molecule has 1 aliphatic heterocycles. The van der Waals surface area contributed by atoms with E-state index >= 15 is 0 Å². The fraction of sp³-hybridized carbons (Fsp3) is 0.130. The summed E-state index contributed by atoms with van der Waals surface area (Å²) in [5.41, 5.74) is 12.6. The molecule has 0 bridgehead atoms. The lowest BCUT2D eigenvalue weighted by Crippen LogP contribution is -2.11. The van der Waals surface area contributed by atoms with Gasteiger partial charge in [0.1, 0.15) is 0 Å². The first kappa shape index (κ1) is 17.0. The molecule has 0 unspecified atom stereocenters. The molecule has 0 atom stereocenters. The molecule has 3 N–H and O–H groups in total. The van der Waals surface area contributed by atoms with E-state index in [1.54, 1.807) is 0 Å². The van der Waals surface area contributed by atoms with Crippen molar-refractivity contribution in [3.63, 3.8) is 0 Å². The van der Waals surface area contributed by atoms with E-state index in [0.29, 0.717) is 12.8 Å². The monoisotopic (exact) mass is 356 g/mol. The van der Waals surface area contributed by atoms with E-state index in [0.717, 1.165) is 39.1 Å². The van der Waals surface area contributed by atoms with Crippen LogP contribution in [0.1, 0.15) is 17.5 Å². The number of hydrogen-bond acceptors (Lipinski definition) is 2. The standard InChI is InChI=1S/C23H20N2O2/c24-22(26)12-10-17-13-16(15-5-2-1-3-6-15)9-11-18(17)19-7-4-8-21-20(19)14-23(27)25-21/h1-9,11,13H,10,12,14H2,(H2,24,26)(H,25,27). The third-order valence-electron chi connectivity index (χ3n) is 4.93. The molecule has 1 heterocycles. The highest BCUT2D eigenvalue weighted by Gasteiger charge is 2.22. The lowest BCUT2D eigenvalue weighted by molar-refractivity contribution is -0.118. The minimum absolute atomic E-state index is 0.0111. The van der Waals surface area contributed by atoms with Crippen LogP contribution < -0.4 is 11.1 Å². The molecular weight excluding hydrogens is 336 g/mol. The highest BCUT2D eigenvalue weighted by atomic mass is 16.2. The predicted octanol–water partition coefficient (Wildman–Crippen LogP) is 3.93. The Morgan fingerprint density at radius 3 is 2.52 bits per heavy atom. The second kappa shape index (κ2) is 7.08. The van der Waals surface area contributed by atoms with Gasteiger partial charge in [0.05, 0.1) is 6.42 Å². The maximum absolute atomic E-state index is 11.9. The number of fused-ring (bicyclic) bond motifs is 1. The minimum Gasteiger partial charge on any atom is -0.370 e. The second-order valence-electron chi connectivity index (χ2n) is 6.76. The molecule has 0 saturated heterocycles. The molecular formula is C23H20N2O2. The van der Waals surface area contributed by atoms with Crippen LogP contribution in [0.25, 0.3) is 22.3 Å². The van der Waals surface area contributed by atoms with Crippen molar-refractivity contribution in [2.24, 2.45) is 5.73 Å². The average Bonchev–Trinajstić information content (AvgIpc) is 3.07. The first-order valence-corrected chi connectivity index (χ1v) is 9.00. The number of nitrogens with one attached hydrogen (secondary N) is 1. The van der Waals surface area contributed by atoms with E-state index in [2.05, 4.69) is 35.6 Å². The minimum atomic E-state index is -0.318. The fourth-order valence-electron chi connectivity index (χ4n) is 3.63. The van der Waals surface area contributed by atoms with Crippen LogP contribution >= 0.6 is 0 Å². The third kappa shape index (κ3) is 3.47. The van der Waals surface area contributed by atoms with Gasteiger partial charge >= 0.3 is 0 Å². The number of benzene rings is 3. The van der Waals surface area contributed by atoms with E-state index in [1.807, 2.05) is 36.4 Å². The van der Waals surface area contributed by atoms with Crippen LogP contribution in [0.4, 0.5) is 5.69 Å². The van der Waals surface area contributed by atoms with Crippen LogP contribution in [-0.2, 0) is 22.4 Å². The Balaban J connectivity index is 1.82. The topological polar surface area (TPSA) is 72.2 Å². The Morgan fingerprint density at radius 2 is 1.74 bits per heavy atom. The summed E-state index contributed by atoms with van der Waals surface area (Å²) in [7, 11) is 0. The maximum atomic E-state index is 11.9. The summed E-state index contributed by atoms with van der Waals surface area (Å²) in [6.07, 6.45) is 1.23. The number of primary amides is 1. The summed E-state index contributed by atoms with van der Waals surface area (Å²) < 4.78 is 0. The van der Waals surface area contributed by atoms with Gasteiger partial charge in [-0.05, 0) is 45.9 Å². The highest BCUT2D eigenvalue weighted by molar-refractivity contribution is 6.02. The number of hydrogen-bond donors (Lipinski definition) is 2. The van der Waals surface area contributed by atoms with Crippen molar-refractivity contribution < 1.29 is 9.59 Å². The summed E-state index contributed by atoms with van der Waals surface area (Å²) in [5.74, 6) is -0.307. The lowest BCUT2D eigenvalue weighted by Gasteiger charge is -2.15. The Bertz CT molecular complexity index is 1030. The Labute approximate surface area is 158 Å². The summed E-state index contributed by atoms with van der Waals surface area (Å²) in [6.45, 7) is 0. The summed E-state index contributed by atoms with van der Waals surface area (Å²) in [6, 6.07) is 22.3. The number of amides is 2. The number of rotatable bonds is 5. The van der Waals surface area contributed by atoms with Gasteiger partial charge < -0.3 is 11.1 Å². The first-order valence-electron chi connectivity index (χ1n) is 9.00. The van der Waals surface area contributed by atoms with Gasteiger partial charge in [-0.2, -0.15) is 0 Å². The van der Waals surface area contributed by atoms with E-state index < -0.39 is 0 Å². The van der Waals surface area contributed by atoms with Crippen LogP contribution in [-0.4, -0.2) is 11.8 Å². The molecule has 4 rings (SSSR count). The molecule has 27 heavy (non-hydrogen) atoms. The Morgan fingerprint density at radius 1 is 0.926 bits per heavy atom. The predicted molar refractivity (Wildman–Crippen MR) is 107 cm³/mol. The van der Waals surface area contributed by atoms with Crippen LogP contribution in [0.2, 0.25) is 0 Å². The van der Waals surface area contributed by atoms with Crippen LogP contribution in [0.5, 0.6) is 0 Å². The zero-order chi connectivity index (χ0) is 18.8. The summed E-state index contributed by atoms with van der Waals surface area (Å²) in [5, 5.41) is 2.90. The SMILES string of the molecule is NC(=O)CCc1cc(-c2ccccc2)ccc1-c1cccc2c1CC(=O)N2. The van der Waals surface area contributed by atoms with Gasteiger partial charge in [0.25, 0.3) is 0 Å². The van der Waals surface area contributed by atoms with Crippen molar-refractivity contribution in [1.29, 1.82) is 0 Å². The molecule has 3 aromatic rings. The first-order chi connectivity index (χ1) is 13.1. The average molecular weight is 356 g/mol. The third-order valence-corrected chi connectivity index (χ3v) is 4.93. The molecule has 1 aliphatic rings. The normalized spacial score (nSPS) is 12.5. The molecule has 0 spiro atoms. The number of nitrogens with two attached hydrogens (primary N) is 1. The molecule has 0 aliphatic carbocycles. The Hall–Kier alpha value is -3.40. The molecule has 4 nitrogen and oxygen atoms in total. The zero-order valence-corrected chi connectivity index (χ0v) is 14.9. The maximum Gasteiger partial charge on any atom is 0.228 e.